The van der Waals surface area contributed by atoms with E-state index in [1.54, 1.807) is 12.1 Å². The molecule has 6 rings (SSSR count). The van der Waals surface area contributed by atoms with Gasteiger partial charge in [0.1, 0.15) is 11.5 Å². The van der Waals surface area contributed by atoms with Crippen molar-refractivity contribution in [3.63, 3.8) is 0 Å². The maximum Gasteiger partial charge on any atom is 0.348 e. The zero-order valence-electron chi connectivity index (χ0n) is 22.4. The minimum atomic E-state index is -4.26. The number of rotatable bonds is 5. The van der Waals surface area contributed by atoms with Gasteiger partial charge < -0.3 is 20.8 Å². The lowest BCUT2D eigenvalue weighted by Crippen LogP contribution is -2.22. The average molecular weight is 671 g/mol. The summed E-state index contributed by atoms with van der Waals surface area (Å²) in [4.78, 5) is 40.8. The average Bonchev–Trinajstić information content (AvgIpc) is 3.72. The number of aliphatic imine (C=N–C) groups is 2. The molecule has 4 N–H and O–H groups in total. The van der Waals surface area contributed by atoms with Crippen LogP contribution in [0.1, 0.15) is 16.8 Å². The van der Waals surface area contributed by atoms with E-state index in [9.17, 15) is 28.2 Å². The first kappa shape index (κ1) is 29.5. The number of carbonyl (C=O) groups is 2. The fourth-order valence-corrected chi connectivity index (χ4v) is 5.56. The Morgan fingerprint density at radius 1 is 0.800 bits per heavy atom. The van der Waals surface area contributed by atoms with Crippen molar-refractivity contribution in [3.05, 3.63) is 70.1 Å². The van der Waals surface area contributed by atoms with Gasteiger partial charge in [-0.05, 0) is 48.5 Å². The largest absolute Gasteiger partial charge is 0.493 e. The van der Waals surface area contributed by atoms with Gasteiger partial charge in [-0.25, -0.2) is 32.1 Å². The molecule has 18 nitrogen and oxygen atoms in total. The number of fused-ring (bicyclic) bond motifs is 2. The Bertz CT molecular complexity index is 2120. The summed E-state index contributed by atoms with van der Waals surface area (Å²) in [7, 11) is -4.26. The van der Waals surface area contributed by atoms with Crippen molar-refractivity contribution >= 4 is 80.2 Å². The maximum atomic E-state index is 13.2. The number of halogens is 2. The van der Waals surface area contributed by atoms with Gasteiger partial charge in [0.2, 0.25) is 11.7 Å². The lowest BCUT2D eigenvalue weighted by atomic mass is 10.3. The number of carbonyl (C=O) groups excluding carboxylic acids is 2. The van der Waals surface area contributed by atoms with Crippen molar-refractivity contribution in [1.29, 1.82) is 0 Å². The molecule has 0 fully saturated rings. The molecule has 2 aromatic carbocycles. The Hall–Kier alpha value is -5.53. The third-order valence-electron chi connectivity index (χ3n) is 6.09. The number of nitrogens with zero attached hydrogens (tertiary/aromatic N) is 10. The molecule has 0 saturated heterocycles. The number of anilines is 2. The molecule has 1 atom stereocenters. The first-order chi connectivity index (χ1) is 21.4. The van der Waals surface area contributed by atoms with Gasteiger partial charge in [-0.1, -0.05) is 23.2 Å². The van der Waals surface area contributed by atoms with Crippen molar-refractivity contribution in [2.24, 2.45) is 30.4 Å². The van der Waals surface area contributed by atoms with Crippen LogP contribution >= 0.6 is 23.2 Å². The summed E-state index contributed by atoms with van der Waals surface area (Å²) in [6.45, 7) is 0. The van der Waals surface area contributed by atoms with Crippen molar-refractivity contribution < 1.29 is 28.2 Å². The molecule has 0 radical (unpaired) electrons. The number of sulfone groups is 1. The predicted molar refractivity (Wildman–Crippen MR) is 160 cm³/mol. The summed E-state index contributed by atoms with van der Waals surface area (Å²) in [5.41, 5.74) is 0.193. The zero-order valence-corrected chi connectivity index (χ0v) is 24.7. The lowest BCUT2D eigenvalue weighted by Gasteiger charge is -2.14. The van der Waals surface area contributed by atoms with Gasteiger partial charge >= 0.3 is 12.1 Å². The van der Waals surface area contributed by atoms with Crippen LogP contribution in [0.15, 0.2) is 79.0 Å². The first-order valence-corrected chi connectivity index (χ1v) is 15.1. The van der Waals surface area contributed by atoms with Gasteiger partial charge in [0, 0.05) is 27.7 Å². The van der Waals surface area contributed by atoms with E-state index in [-0.39, 0.29) is 11.8 Å². The van der Waals surface area contributed by atoms with Crippen LogP contribution in [0.25, 0.3) is 0 Å². The number of urea groups is 2. The topological polar surface area (TPSA) is 243 Å². The minimum absolute atomic E-state index is 0.308. The monoisotopic (exact) mass is 670 g/mol. The molecular formula is C24H16Cl2N12O6S. The Labute approximate surface area is 261 Å². The van der Waals surface area contributed by atoms with Crippen LogP contribution in [0.3, 0.4) is 0 Å². The van der Waals surface area contributed by atoms with E-state index < -0.39 is 62.3 Å². The number of nitrogens with one attached hydrogen (secondary N) is 2. The Morgan fingerprint density at radius 3 is 1.84 bits per heavy atom. The molecular weight excluding hydrogens is 655 g/mol. The second-order valence-electron chi connectivity index (χ2n) is 9.22. The molecule has 4 aromatic rings. The smallest absolute Gasteiger partial charge is 0.348 e. The van der Waals surface area contributed by atoms with Gasteiger partial charge in [-0.2, -0.15) is 15.0 Å². The summed E-state index contributed by atoms with van der Waals surface area (Å²) in [5.74, 6) is -3.51. The second-order valence-corrected chi connectivity index (χ2v) is 12.2. The summed E-state index contributed by atoms with van der Waals surface area (Å²) >= 11 is 11.7. The highest BCUT2D eigenvalue weighted by molar-refractivity contribution is 7.91. The molecule has 228 valence electrons. The highest BCUT2D eigenvalue weighted by Crippen LogP contribution is 2.43. The van der Waals surface area contributed by atoms with Crippen molar-refractivity contribution in [2.75, 3.05) is 16.9 Å². The Kier molecular flexibility index (Phi) is 7.35. The van der Waals surface area contributed by atoms with Crippen molar-refractivity contribution in [1.82, 2.24) is 19.1 Å². The number of aromatic nitrogens is 4. The van der Waals surface area contributed by atoms with Gasteiger partial charge in [0.25, 0.3) is 23.7 Å². The first-order valence-electron chi connectivity index (χ1n) is 12.4. The van der Waals surface area contributed by atoms with Crippen LogP contribution in [-0.2, 0) is 9.84 Å². The summed E-state index contributed by atoms with van der Waals surface area (Å²) < 4.78 is 28.1. The molecule has 2 aliphatic heterocycles. The Morgan fingerprint density at radius 2 is 1.31 bits per heavy atom. The number of aromatic hydroxyl groups is 2. The molecule has 45 heavy (non-hydrogen) atoms. The van der Waals surface area contributed by atoms with Crippen LogP contribution < -0.4 is 10.6 Å². The number of azo groups is 2. The Balaban J connectivity index is 1.35. The lowest BCUT2D eigenvalue weighted by molar-refractivity contribution is 0.258. The number of imidazole rings is 2. The molecule has 0 saturated carbocycles. The molecule has 21 heteroatoms. The summed E-state index contributed by atoms with van der Waals surface area (Å²) in [5, 5.41) is 40.6. The normalized spacial score (nSPS) is 15.8. The summed E-state index contributed by atoms with van der Waals surface area (Å²) in [6.07, 6.45) is 0.823. The van der Waals surface area contributed by atoms with Crippen LogP contribution in [0, 0.1) is 0 Å². The fourth-order valence-electron chi connectivity index (χ4n) is 4.21. The second kappa shape index (κ2) is 11.2. The van der Waals surface area contributed by atoms with E-state index in [1.807, 2.05) is 0 Å². The van der Waals surface area contributed by atoms with Crippen LogP contribution in [-0.4, -0.2) is 68.0 Å². The number of hydrogen-bond donors (Lipinski definition) is 4. The van der Waals surface area contributed by atoms with E-state index >= 15 is 0 Å². The van der Waals surface area contributed by atoms with Gasteiger partial charge in [-0.15, -0.1) is 20.5 Å². The maximum absolute atomic E-state index is 13.2. The van der Waals surface area contributed by atoms with Gasteiger partial charge in [-0.3, -0.25) is 0 Å². The van der Waals surface area contributed by atoms with E-state index in [1.165, 1.54) is 36.4 Å². The van der Waals surface area contributed by atoms with E-state index in [2.05, 4.69) is 51.0 Å². The molecule has 4 amide bonds. The van der Waals surface area contributed by atoms with E-state index in [0.717, 1.165) is 15.4 Å². The molecule has 4 heterocycles. The third-order valence-corrected chi connectivity index (χ3v) is 7.89. The third kappa shape index (κ3) is 5.73. The van der Waals surface area contributed by atoms with E-state index in [0.29, 0.717) is 21.4 Å². The zero-order chi connectivity index (χ0) is 32.0. The molecule has 0 aliphatic carbocycles. The van der Waals surface area contributed by atoms with Crippen LogP contribution in [0.5, 0.6) is 11.8 Å². The van der Waals surface area contributed by atoms with E-state index in [4.69, 9.17) is 23.2 Å². The molecule has 0 bridgehead atoms. The van der Waals surface area contributed by atoms with Crippen molar-refractivity contribution in [3.8, 4) is 11.8 Å². The molecule has 0 unspecified atom stereocenters. The number of hydrogen-bond acceptors (Lipinski definition) is 10. The van der Waals surface area contributed by atoms with Gasteiger partial charge in [0.15, 0.2) is 15.1 Å². The van der Waals surface area contributed by atoms with Crippen LogP contribution in [0.2, 0.25) is 10.0 Å². The number of amides is 4. The van der Waals surface area contributed by atoms with Crippen LogP contribution in [0.4, 0.5) is 32.7 Å². The number of benzene rings is 2. The van der Waals surface area contributed by atoms with Crippen molar-refractivity contribution in [2.45, 2.75) is 5.25 Å². The fraction of sp³-hybridized carbons (Fsp3) is 0.0833. The summed E-state index contributed by atoms with van der Waals surface area (Å²) in [6, 6.07) is 10.5. The quantitative estimate of drug-likeness (QED) is 0.224. The molecule has 2 aliphatic rings. The highest BCUT2D eigenvalue weighted by Gasteiger charge is 2.41. The van der Waals surface area contributed by atoms with Gasteiger partial charge in [0.05, 0.1) is 0 Å². The predicted octanol–water partition coefficient (Wildman–Crippen LogP) is 5.00. The highest BCUT2D eigenvalue weighted by atomic mass is 35.5. The minimum Gasteiger partial charge on any atom is -0.493 e. The molecule has 0 spiro atoms. The standard InChI is InChI=1S/C24H16Cl2N12O6S/c1-45(43,44)15(14-19(40)38-20(29-14)35-36-22(38)32-24(42)28-13-8-4-11(26)5-9-13)16-30-18(39)17-33-34-21(37(16)17)31-23(41)27-12-6-2-10(25)3-7-12/h2-9,15,39-40H,1H3,(H,27,41)(H,28,42)/t15-/m1/s1. The molecule has 2 aromatic heterocycles. The SMILES string of the molecule is CS(=O)(=O)[C@H](c1nc2n(c1O)C(=NC(=O)Nc1ccc(Cl)cc1)N=N2)c1nc(O)c2n1C(=NC(=O)Nc1ccc(Cl)cc1)N=N2.